The quantitative estimate of drug-likeness (QED) is 0.850. The van der Waals surface area contributed by atoms with Crippen LogP contribution in [0.25, 0.3) is 0 Å². The van der Waals surface area contributed by atoms with Crippen LogP contribution in [0.2, 0.25) is 0 Å². The Hall–Kier alpha value is -1.66. The lowest BCUT2D eigenvalue weighted by Gasteiger charge is -2.05. The maximum Gasteiger partial charge on any atom is 0.105 e. The topological polar surface area (TPSA) is 87.7 Å². The molecular formula is C16H30N6. The van der Waals surface area contributed by atoms with Gasteiger partial charge < -0.3 is 20.6 Å². The van der Waals surface area contributed by atoms with E-state index in [9.17, 15) is 0 Å². The van der Waals surface area contributed by atoms with E-state index in [1.54, 1.807) is 0 Å². The summed E-state index contributed by atoms with van der Waals surface area (Å²) in [6, 6.07) is 0. The maximum absolute atomic E-state index is 5.41. The van der Waals surface area contributed by atoms with Gasteiger partial charge in [0.25, 0.3) is 0 Å². The number of aryl methyl sites for hydroxylation is 5. The van der Waals surface area contributed by atoms with Crippen molar-refractivity contribution < 1.29 is 0 Å². The lowest BCUT2D eigenvalue weighted by molar-refractivity contribution is 0.620. The standard InChI is InChI=1S/2C8H15N3/c1-7-6-11(5-3-4-9)8(2)10-7;1-7-6-10-8(2)11(7)5-3-4-9/h2*6H,3-5,9H2,1-2H3. The summed E-state index contributed by atoms with van der Waals surface area (Å²) in [5.41, 5.74) is 13.1. The Kier molecular flexibility index (Phi) is 7.84. The molecule has 4 N–H and O–H groups in total. The van der Waals surface area contributed by atoms with E-state index in [2.05, 4.69) is 32.2 Å². The first-order chi connectivity index (χ1) is 10.5. The molecule has 6 heteroatoms. The smallest absolute Gasteiger partial charge is 0.105 e. The zero-order valence-corrected chi connectivity index (χ0v) is 14.3. The largest absolute Gasteiger partial charge is 0.335 e. The van der Waals surface area contributed by atoms with Crippen molar-refractivity contribution in [1.29, 1.82) is 0 Å². The Morgan fingerprint density at radius 1 is 0.955 bits per heavy atom. The highest BCUT2D eigenvalue weighted by Crippen LogP contribution is 2.03. The molecule has 124 valence electrons. The first-order valence-electron chi connectivity index (χ1n) is 7.88. The van der Waals surface area contributed by atoms with Gasteiger partial charge in [0.2, 0.25) is 0 Å². The van der Waals surface area contributed by atoms with Crippen molar-refractivity contribution in [2.45, 2.75) is 53.6 Å². The lowest BCUT2D eigenvalue weighted by atomic mass is 10.4. The fourth-order valence-electron chi connectivity index (χ4n) is 2.32. The van der Waals surface area contributed by atoms with E-state index in [-0.39, 0.29) is 0 Å². The van der Waals surface area contributed by atoms with Crippen molar-refractivity contribution in [3.8, 4) is 0 Å². The summed E-state index contributed by atoms with van der Waals surface area (Å²) in [5.74, 6) is 2.16. The third kappa shape index (κ3) is 5.61. The van der Waals surface area contributed by atoms with Crippen LogP contribution < -0.4 is 11.5 Å². The van der Waals surface area contributed by atoms with E-state index < -0.39 is 0 Å². The average molecular weight is 306 g/mol. The third-order valence-corrected chi connectivity index (χ3v) is 3.54. The minimum absolute atomic E-state index is 0.747. The van der Waals surface area contributed by atoms with Gasteiger partial charge in [-0.3, -0.25) is 0 Å². The summed E-state index contributed by atoms with van der Waals surface area (Å²) >= 11 is 0. The van der Waals surface area contributed by atoms with Crippen LogP contribution in [0.5, 0.6) is 0 Å². The van der Waals surface area contributed by atoms with E-state index in [1.165, 1.54) is 5.69 Å². The van der Waals surface area contributed by atoms with Gasteiger partial charge in [-0.25, -0.2) is 9.97 Å². The van der Waals surface area contributed by atoms with E-state index in [4.69, 9.17) is 11.5 Å². The van der Waals surface area contributed by atoms with Crippen LogP contribution in [0.4, 0.5) is 0 Å². The molecule has 0 atom stereocenters. The highest BCUT2D eigenvalue weighted by Gasteiger charge is 2.00. The molecule has 0 spiro atoms. The molecule has 2 aromatic heterocycles. The molecule has 0 aliphatic rings. The number of aromatic nitrogens is 4. The summed E-state index contributed by atoms with van der Waals surface area (Å²) in [4.78, 5) is 8.48. The van der Waals surface area contributed by atoms with Crippen LogP contribution in [-0.4, -0.2) is 32.2 Å². The fourth-order valence-corrected chi connectivity index (χ4v) is 2.32. The highest BCUT2D eigenvalue weighted by molar-refractivity contribution is 5.01. The van der Waals surface area contributed by atoms with Crippen LogP contribution in [0, 0.1) is 27.7 Å². The van der Waals surface area contributed by atoms with Crippen molar-refractivity contribution in [3.05, 3.63) is 35.4 Å². The van der Waals surface area contributed by atoms with Gasteiger partial charge in [0.05, 0.1) is 5.69 Å². The van der Waals surface area contributed by atoms with E-state index >= 15 is 0 Å². The Bertz CT molecular complexity index is 535. The maximum atomic E-state index is 5.41. The molecule has 0 radical (unpaired) electrons. The first-order valence-corrected chi connectivity index (χ1v) is 7.88. The van der Waals surface area contributed by atoms with E-state index in [1.807, 2.05) is 27.0 Å². The zero-order chi connectivity index (χ0) is 16.5. The molecule has 6 nitrogen and oxygen atoms in total. The van der Waals surface area contributed by atoms with Gasteiger partial charge in [-0.1, -0.05) is 0 Å². The van der Waals surface area contributed by atoms with Crippen molar-refractivity contribution in [3.63, 3.8) is 0 Å². The van der Waals surface area contributed by atoms with Crippen molar-refractivity contribution >= 4 is 0 Å². The van der Waals surface area contributed by atoms with Gasteiger partial charge in [0.1, 0.15) is 11.6 Å². The second-order valence-electron chi connectivity index (χ2n) is 5.51. The molecule has 0 amide bonds. The fraction of sp³-hybridized carbons (Fsp3) is 0.625. The summed E-state index contributed by atoms with van der Waals surface area (Å²) in [7, 11) is 0. The number of imidazole rings is 2. The monoisotopic (exact) mass is 306 g/mol. The van der Waals surface area contributed by atoms with E-state index in [0.29, 0.717) is 0 Å². The Morgan fingerprint density at radius 2 is 1.59 bits per heavy atom. The highest BCUT2D eigenvalue weighted by atomic mass is 15.1. The van der Waals surface area contributed by atoms with Crippen molar-refractivity contribution in [2.24, 2.45) is 11.5 Å². The number of rotatable bonds is 6. The Balaban J connectivity index is 0.000000220. The minimum atomic E-state index is 0.747. The molecule has 0 aliphatic carbocycles. The van der Waals surface area contributed by atoms with E-state index in [0.717, 1.165) is 56.4 Å². The number of hydrogen-bond donors (Lipinski definition) is 2. The third-order valence-electron chi connectivity index (χ3n) is 3.54. The van der Waals surface area contributed by atoms with Crippen molar-refractivity contribution in [2.75, 3.05) is 13.1 Å². The molecule has 2 aromatic rings. The summed E-state index contributed by atoms with van der Waals surface area (Å²) in [5, 5.41) is 0. The zero-order valence-electron chi connectivity index (χ0n) is 14.3. The van der Waals surface area contributed by atoms with Gasteiger partial charge >= 0.3 is 0 Å². The van der Waals surface area contributed by atoms with Crippen LogP contribution in [0.15, 0.2) is 12.4 Å². The molecule has 22 heavy (non-hydrogen) atoms. The summed E-state index contributed by atoms with van der Waals surface area (Å²) in [6.07, 6.45) is 6.01. The average Bonchev–Trinajstić information content (AvgIpc) is 2.97. The minimum Gasteiger partial charge on any atom is -0.335 e. The molecular weight excluding hydrogens is 276 g/mol. The summed E-state index contributed by atoms with van der Waals surface area (Å²) < 4.78 is 4.33. The predicted octanol–water partition coefficient (Wildman–Crippen LogP) is 1.70. The Labute approximate surface area is 133 Å². The van der Waals surface area contributed by atoms with Gasteiger partial charge in [-0.15, -0.1) is 0 Å². The van der Waals surface area contributed by atoms with Gasteiger partial charge in [0, 0.05) is 31.2 Å². The normalized spacial score (nSPS) is 10.5. The molecule has 0 aliphatic heterocycles. The number of hydrogen-bond acceptors (Lipinski definition) is 4. The molecule has 0 saturated carbocycles. The van der Waals surface area contributed by atoms with Crippen LogP contribution in [0.1, 0.15) is 35.9 Å². The Morgan fingerprint density at radius 3 is 2.05 bits per heavy atom. The molecule has 2 heterocycles. The predicted molar refractivity (Wildman–Crippen MR) is 90.7 cm³/mol. The van der Waals surface area contributed by atoms with Gasteiger partial charge in [-0.2, -0.15) is 0 Å². The second-order valence-corrected chi connectivity index (χ2v) is 5.51. The van der Waals surface area contributed by atoms with Gasteiger partial charge in [-0.05, 0) is 53.6 Å². The molecule has 0 fully saturated rings. The number of nitrogens with two attached hydrogens (primary N) is 2. The molecule has 0 saturated heterocycles. The molecule has 2 rings (SSSR count). The van der Waals surface area contributed by atoms with Crippen molar-refractivity contribution in [1.82, 2.24) is 19.1 Å². The van der Waals surface area contributed by atoms with Crippen LogP contribution in [-0.2, 0) is 13.1 Å². The molecule has 0 bridgehead atoms. The SMILES string of the molecule is Cc1cn(CCCN)c(C)n1.Cc1cnc(C)n1CCCN. The first kappa shape index (κ1) is 18.4. The molecule has 0 aromatic carbocycles. The van der Waals surface area contributed by atoms with Gasteiger partial charge in [0.15, 0.2) is 0 Å². The lowest BCUT2D eigenvalue weighted by Crippen LogP contribution is -2.08. The van der Waals surface area contributed by atoms with Crippen LogP contribution in [0.3, 0.4) is 0 Å². The second kappa shape index (κ2) is 9.38. The number of nitrogens with zero attached hydrogens (tertiary/aromatic N) is 4. The van der Waals surface area contributed by atoms with Crippen LogP contribution >= 0.6 is 0 Å². The summed E-state index contributed by atoms with van der Waals surface area (Å²) in [6.45, 7) is 11.6. The molecule has 0 unspecified atom stereocenters.